The summed E-state index contributed by atoms with van der Waals surface area (Å²) in [5.74, 6) is -0.325. The lowest BCUT2D eigenvalue weighted by Crippen LogP contribution is -2.16. The number of benzene rings is 2. The topological polar surface area (TPSA) is 58.8 Å². The number of hydrogen-bond acceptors (Lipinski definition) is 4. The number of fused-ring (bicyclic) bond motifs is 1. The second-order valence-corrected chi connectivity index (χ2v) is 4.60. The smallest absolute Gasteiger partial charge is 0.406 e. The van der Waals surface area contributed by atoms with Crippen LogP contribution in [-0.4, -0.2) is 16.3 Å². The molecule has 23 heavy (non-hydrogen) atoms. The molecule has 0 amide bonds. The van der Waals surface area contributed by atoms with Crippen molar-refractivity contribution >= 4 is 10.9 Å². The molecule has 0 spiro atoms. The molecule has 0 aliphatic carbocycles. The summed E-state index contributed by atoms with van der Waals surface area (Å²) in [4.78, 5) is 8.26. The first-order chi connectivity index (χ1) is 11.0. The van der Waals surface area contributed by atoms with E-state index in [-0.39, 0.29) is 11.6 Å². The van der Waals surface area contributed by atoms with E-state index in [1.54, 1.807) is 24.3 Å². The highest BCUT2D eigenvalue weighted by atomic mass is 19.4. The number of nitriles is 1. The molecule has 0 atom stereocenters. The fourth-order valence-corrected chi connectivity index (χ4v) is 2.16. The summed E-state index contributed by atoms with van der Waals surface area (Å²) >= 11 is 0. The van der Waals surface area contributed by atoms with Crippen molar-refractivity contribution in [2.24, 2.45) is 0 Å². The van der Waals surface area contributed by atoms with Crippen LogP contribution in [-0.2, 0) is 0 Å². The Balaban J connectivity index is 2.08. The van der Waals surface area contributed by atoms with Crippen LogP contribution in [0.15, 0.2) is 48.5 Å². The van der Waals surface area contributed by atoms with Crippen LogP contribution in [0.25, 0.3) is 22.2 Å². The largest absolute Gasteiger partial charge is 0.573 e. The average Bonchev–Trinajstić information content (AvgIpc) is 2.53. The molecule has 0 bridgehead atoms. The Morgan fingerprint density at radius 3 is 2.30 bits per heavy atom. The van der Waals surface area contributed by atoms with Gasteiger partial charge in [0.2, 0.25) is 5.82 Å². The minimum Gasteiger partial charge on any atom is -0.406 e. The molecular weight excluding hydrogens is 307 g/mol. The Kier molecular flexibility index (Phi) is 3.58. The van der Waals surface area contributed by atoms with Gasteiger partial charge in [0.15, 0.2) is 0 Å². The quantitative estimate of drug-likeness (QED) is 0.715. The van der Waals surface area contributed by atoms with E-state index < -0.39 is 6.36 Å². The van der Waals surface area contributed by atoms with Gasteiger partial charge in [0, 0.05) is 10.9 Å². The summed E-state index contributed by atoms with van der Waals surface area (Å²) in [5.41, 5.74) is 1.63. The third-order valence-electron chi connectivity index (χ3n) is 3.06. The second kappa shape index (κ2) is 5.57. The fourth-order valence-electron chi connectivity index (χ4n) is 2.16. The number of aromatic nitrogens is 2. The molecule has 1 aromatic heterocycles. The first-order valence-corrected chi connectivity index (χ1v) is 6.49. The van der Waals surface area contributed by atoms with Crippen LogP contribution in [0, 0.1) is 11.3 Å². The first-order valence-electron chi connectivity index (χ1n) is 6.49. The maximum Gasteiger partial charge on any atom is 0.573 e. The van der Waals surface area contributed by atoms with Gasteiger partial charge < -0.3 is 4.74 Å². The predicted molar refractivity (Wildman–Crippen MR) is 76.4 cm³/mol. The normalized spacial score (nSPS) is 11.2. The summed E-state index contributed by atoms with van der Waals surface area (Å²) in [6.07, 6.45) is -4.74. The van der Waals surface area contributed by atoms with Crippen LogP contribution in [0.4, 0.5) is 13.2 Å². The zero-order chi connectivity index (χ0) is 16.4. The van der Waals surface area contributed by atoms with Crippen LogP contribution < -0.4 is 4.74 Å². The van der Waals surface area contributed by atoms with E-state index >= 15 is 0 Å². The van der Waals surface area contributed by atoms with Gasteiger partial charge in [0.25, 0.3) is 0 Å². The molecule has 4 nitrogen and oxygen atoms in total. The molecule has 0 fully saturated rings. The Hall–Kier alpha value is -3.14. The van der Waals surface area contributed by atoms with Crippen molar-refractivity contribution in [2.45, 2.75) is 6.36 Å². The minimum atomic E-state index is -4.74. The molecule has 3 aromatic rings. The average molecular weight is 315 g/mol. The lowest BCUT2D eigenvalue weighted by Gasteiger charge is -2.10. The van der Waals surface area contributed by atoms with Gasteiger partial charge in [-0.2, -0.15) is 5.26 Å². The molecule has 2 aromatic carbocycles. The van der Waals surface area contributed by atoms with Gasteiger partial charge in [0.05, 0.1) is 11.2 Å². The van der Waals surface area contributed by atoms with Crippen molar-refractivity contribution in [1.29, 1.82) is 5.26 Å². The van der Waals surface area contributed by atoms with Crippen LogP contribution in [0.5, 0.6) is 5.75 Å². The third kappa shape index (κ3) is 3.21. The number of rotatable bonds is 2. The maximum atomic E-state index is 12.2. The van der Waals surface area contributed by atoms with Gasteiger partial charge in [-0.25, -0.2) is 9.97 Å². The monoisotopic (exact) mass is 315 g/mol. The van der Waals surface area contributed by atoms with Gasteiger partial charge >= 0.3 is 6.36 Å². The SMILES string of the molecule is N#Cc1nc(-c2ccc(OC(F)(F)F)cc2)c2ccccc2n1. The number of alkyl halides is 3. The van der Waals surface area contributed by atoms with Gasteiger partial charge in [-0.15, -0.1) is 13.2 Å². The van der Waals surface area contributed by atoms with Crippen molar-refractivity contribution in [3.05, 3.63) is 54.4 Å². The maximum absolute atomic E-state index is 12.2. The van der Waals surface area contributed by atoms with Gasteiger partial charge in [-0.3, -0.25) is 0 Å². The first kappa shape index (κ1) is 14.8. The van der Waals surface area contributed by atoms with E-state index in [9.17, 15) is 13.2 Å². The molecule has 7 heteroatoms. The number of ether oxygens (including phenoxy) is 1. The summed E-state index contributed by atoms with van der Waals surface area (Å²) in [7, 11) is 0. The number of nitrogens with zero attached hydrogens (tertiary/aromatic N) is 3. The van der Waals surface area contributed by atoms with Gasteiger partial charge in [0.1, 0.15) is 11.8 Å². The molecule has 114 valence electrons. The number of para-hydroxylation sites is 1. The summed E-state index contributed by atoms with van der Waals surface area (Å²) in [6, 6.07) is 14.3. The Labute approximate surface area is 128 Å². The zero-order valence-electron chi connectivity index (χ0n) is 11.5. The summed E-state index contributed by atoms with van der Waals surface area (Å²) < 4.78 is 40.4. The number of hydrogen-bond donors (Lipinski definition) is 0. The minimum absolute atomic E-state index is 0.00526. The van der Waals surface area contributed by atoms with Crippen LogP contribution in [0.1, 0.15) is 5.82 Å². The highest BCUT2D eigenvalue weighted by molar-refractivity contribution is 5.92. The van der Waals surface area contributed by atoms with E-state index in [4.69, 9.17) is 5.26 Å². The predicted octanol–water partition coefficient (Wildman–Crippen LogP) is 4.07. The van der Waals surface area contributed by atoms with E-state index in [0.29, 0.717) is 22.2 Å². The molecule has 3 rings (SSSR count). The van der Waals surface area contributed by atoms with E-state index in [1.807, 2.05) is 6.07 Å². The van der Waals surface area contributed by atoms with Crippen molar-refractivity contribution in [3.63, 3.8) is 0 Å². The molecule has 0 aliphatic heterocycles. The molecule has 0 unspecified atom stereocenters. The van der Waals surface area contributed by atoms with E-state index in [0.717, 1.165) is 0 Å². The van der Waals surface area contributed by atoms with Crippen LogP contribution >= 0.6 is 0 Å². The summed E-state index contributed by atoms with van der Waals surface area (Å²) in [5, 5.41) is 9.72. The molecule has 0 saturated heterocycles. The molecule has 0 aliphatic rings. The summed E-state index contributed by atoms with van der Waals surface area (Å²) in [6.45, 7) is 0. The standard InChI is InChI=1S/C16H8F3N3O/c17-16(18,19)23-11-7-5-10(6-8-11)15-12-3-1-2-4-13(12)21-14(9-20)22-15/h1-8H. The third-order valence-corrected chi connectivity index (χ3v) is 3.06. The van der Waals surface area contributed by atoms with Crippen LogP contribution in [0.2, 0.25) is 0 Å². The highest BCUT2D eigenvalue weighted by Gasteiger charge is 2.31. The highest BCUT2D eigenvalue weighted by Crippen LogP contribution is 2.29. The Bertz CT molecular complexity index is 899. The van der Waals surface area contributed by atoms with Gasteiger partial charge in [-0.05, 0) is 30.3 Å². The lowest BCUT2D eigenvalue weighted by molar-refractivity contribution is -0.274. The molecule has 0 N–H and O–H groups in total. The van der Waals surface area contributed by atoms with Crippen molar-refractivity contribution in [3.8, 4) is 23.1 Å². The van der Waals surface area contributed by atoms with Gasteiger partial charge in [-0.1, -0.05) is 18.2 Å². The van der Waals surface area contributed by atoms with Crippen molar-refractivity contribution in [1.82, 2.24) is 9.97 Å². The molecular formula is C16H8F3N3O. The van der Waals surface area contributed by atoms with Crippen LogP contribution in [0.3, 0.4) is 0 Å². The molecule has 0 radical (unpaired) electrons. The van der Waals surface area contributed by atoms with Crippen molar-refractivity contribution < 1.29 is 17.9 Å². The molecule has 0 saturated carbocycles. The zero-order valence-corrected chi connectivity index (χ0v) is 11.5. The lowest BCUT2D eigenvalue weighted by atomic mass is 10.1. The molecule has 1 heterocycles. The number of halogens is 3. The van der Waals surface area contributed by atoms with E-state index in [1.165, 1.54) is 24.3 Å². The van der Waals surface area contributed by atoms with Crippen molar-refractivity contribution in [2.75, 3.05) is 0 Å². The second-order valence-electron chi connectivity index (χ2n) is 4.60. The Morgan fingerprint density at radius 2 is 1.65 bits per heavy atom. The Morgan fingerprint density at radius 1 is 0.957 bits per heavy atom. The fraction of sp³-hybridized carbons (Fsp3) is 0.0625. The van der Waals surface area contributed by atoms with E-state index in [2.05, 4.69) is 14.7 Å².